The van der Waals surface area contributed by atoms with E-state index in [2.05, 4.69) is 22.8 Å². The summed E-state index contributed by atoms with van der Waals surface area (Å²) in [5.74, 6) is -1.16. The summed E-state index contributed by atoms with van der Waals surface area (Å²) in [6, 6.07) is 8.27. The molecular weight excluding hydrogens is 268 g/mol. The predicted molar refractivity (Wildman–Crippen MR) is 76.3 cm³/mol. The van der Waals surface area contributed by atoms with Gasteiger partial charge in [-0.15, -0.1) is 0 Å². The van der Waals surface area contributed by atoms with Crippen LogP contribution in [0.3, 0.4) is 0 Å². The Kier molecular flexibility index (Phi) is 3.73. The molecular formula is C16H18N2O3. The summed E-state index contributed by atoms with van der Waals surface area (Å²) >= 11 is 0. The second kappa shape index (κ2) is 5.68. The summed E-state index contributed by atoms with van der Waals surface area (Å²) in [6.07, 6.45) is 2.43. The van der Waals surface area contributed by atoms with Gasteiger partial charge in [0.25, 0.3) is 0 Å². The molecule has 3 rings (SSSR count). The van der Waals surface area contributed by atoms with E-state index in [9.17, 15) is 14.4 Å². The molecule has 0 bridgehead atoms. The number of nitrogens with one attached hydrogen (secondary N) is 2. The van der Waals surface area contributed by atoms with E-state index in [1.165, 1.54) is 11.1 Å². The lowest BCUT2D eigenvalue weighted by molar-refractivity contribution is -0.132. The minimum atomic E-state index is -0.403. The van der Waals surface area contributed by atoms with Crippen LogP contribution in [0.15, 0.2) is 24.3 Å². The minimum absolute atomic E-state index is 0.0944. The fourth-order valence-corrected chi connectivity index (χ4v) is 3.10. The van der Waals surface area contributed by atoms with Gasteiger partial charge in [0.15, 0.2) is 0 Å². The molecule has 2 N–H and O–H groups in total. The highest BCUT2D eigenvalue weighted by Gasteiger charge is 2.30. The molecule has 0 unspecified atom stereocenters. The number of hydrogen-bond donors (Lipinski definition) is 2. The molecule has 0 saturated carbocycles. The van der Waals surface area contributed by atoms with Gasteiger partial charge in [0.1, 0.15) is 0 Å². The van der Waals surface area contributed by atoms with Gasteiger partial charge in [-0.25, -0.2) is 0 Å². The smallest absolute Gasteiger partial charge is 0.227 e. The first kappa shape index (κ1) is 13.8. The largest absolute Gasteiger partial charge is 0.352 e. The van der Waals surface area contributed by atoms with Crippen LogP contribution < -0.4 is 10.6 Å². The van der Waals surface area contributed by atoms with Crippen molar-refractivity contribution in [1.82, 2.24) is 10.6 Å². The second-order valence-corrected chi connectivity index (χ2v) is 5.79. The van der Waals surface area contributed by atoms with Gasteiger partial charge in [0.05, 0.1) is 0 Å². The molecule has 1 fully saturated rings. The van der Waals surface area contributed by atoms with Gasteiger partial charge in [0.2, 0.25) is 17.7 Å². The highest BCUT2D eigenvalue weighted by atomic mass is 16.2. The highest BCUT2D eigenvalue weighted by molar-refractivity contribution is 5.98. The van der Waals surface area contributed by atoms with Crippen LogP contribution in [0.5, 0.6) is 0 Å². The normalized spacial score (nSPS) is 22.4. The van der Waals surface area contributed by atoms with E-state index in [1.54, 1.807) is 0 Å². The maximum atomic E-state index is 12.3. The summed E-state index contributed by atoms with van der Waals surface area (Å²) in [6.45, 7) is 0. The molecule has 1 saturated heterocycles. The Morgan fingerprint density at radius 2 is 1.71 bits per heavy atom. The SMILES string of the molecule is O=C1CC[C@H](C(=O)NC2Cc3ccccc3C2)CC(=O)N1. The third kappa shape index (κ3) is 3.12. The van der Waals surface area contributed by atoms with Crippen LogP contribution in [0.2, 0.25) is 0 Å². The number of carbonyl (C=O) groups excluding carboxylic acids is 3. The average Bonchev–Trinajstić information content (AvgIpc) is 2.76. The monoisotopic (exact) mass is 286 g/mol. The van der Waals surface area contributed by atoms with Crippen LogP contribution in [-0.4, -0.2) is 23.8 Å². The lowest BCUT2D eigenvalue weighted by atomic mass is 9.98. The number of carbonyl (C=O) groups is 3. The van der Waals surface area contributed by atoms with Crippen molar-refractivity contribution >= 4 is 17.7 Å². The Hall–Kier alpha value is -2.17. The molecule has 3 amide bonds. The standard InChI is InChI=1S/C16H18N2O3/c19-14-6-5-12(9-15(20)18-14)16(21)17-13-7-10-3-1-2-4-11(10)8-13/h1-4,12-13H,5-9H2,(H,17,21)(H,18,19,20)/t12-/m0/s1. The zero-order valence-electron chi connectivity index (χ0n) is 11.7. The van der Waals surface area contributed by atoms with Crippen molar-refractivity contribution in [3.63, 3.8) is 0 Å². The van der Waals surface area contributed by atoms with E-state index in [0.29, 0.717) is 6.42 Å². The van der Waals surface area contributed by atoms with Gasteiger partial charge in [-0.1, -0.05) is 24.3 Å². The Bertz CT molecular complexity index is 572. The molecule has 1 heterocycles. The lowest BCUT2D eigenvalue weighted by Crippen LogP contribution is -2.40. The van der Waals surface area contributed by atoms with Crippen molar-refractivity contribution in [3.05, 3.63) is 35.4 Å². The number of fused-ring (bicyclic) bond motifs is 1. The molecule has 110 valence electrons. The molecule has 21 heavy (non-hydrogen) atoms. The predicted octanol–water partition coefficient (Wildman–Crippen LogP) is 0.713. The summed E-state index contributed by atoms with van der Waals surface area (Å²) < 4.78 is 0. The van der Waals surface area contributed by atoms with Crippen LogP contribution in [0.1, 0.15) is 30.4 Å². The van der Waals surface area contributed by atoms with E-state index >= 15 is 0 Å². The van der Waals surface area contributed by atoms with E-state index in [4.69, 9.17) is 0 Å². The Morgan fingerprint density at radius 1 is 1.05 bits per heavy atom. The summed E-state index contributed by atoms with van der Waals surface area (Å²) in [7, 11) is 0. The average molecular weight is 286 g/mol. The van der Waals surface area contributed by atoms with Crippen molar-refractivity contribution < 1.29 is 14.4 Å². The molecule has 5 heteroatoms. The topological polar surface area (TPSA) is 75.3 Å². The molecule has 2 aliphatic rings. The molecule has 5 nitrogen and oxygen atoms in total. The van der Waals surface area contributed by atoms with Gasteiger partial charge in [-0.3, -0.25) is 19.7 Å². The third-order valence-electron chi connectivity index (χ3n) is 4.20. The number of benzene rings is 1. The van der Waals surface area contributed by atoms with E-state index in [0.717, 1.165) is 12.8 Å². The molecule has 1 aliphatic carbocycles. The van der Waals surface area contributed by atoms with Crippen LogP contribution >= 0.6 is 0 Å². The van der Waals surface area contributed by atoms with Crippen molar-refractivity contribution in [1.29, 1.82) is 0 Å². The van der Waals surface area contributed by atoms with Crippen LogP contribution in [0.25, 0.3) is 0 Å². The lowest BCUT2D eigenvalue weighted by Gasteiger charge is -2.17. The van der Waals surface area contributed by atoms with E-state index < -0.39 is 5.92 Å². The molecule has 1 aromatic rings. The molecule has 1 atom stereocenters. The van der Waals surface area contributed by atoms with Crippen molar-refractivity contribution in [2.75, 3.05) is 0 Å². The maximum Gasteiger partial charge on any atom is 0.227 e. The Morgan fingerprint density at radius 3 is 2.38 bits per heavy atom. The first-order chi connectivity index (χ1) is 10.1. The Balaban J connectivity index is 1.60. The zero-order chi connectivity index (χ0) is 14.8. The van der Waals surface area contributed by atoms with Crippen LogP contribution in [0, 0.1) is 5.92 Å². The molecule has 1 aromatic carbocycles. The first-order valence-corrected chi connectivity index (χ1v) is 7.31. The maximum absolute atomic E-state index is 12.3. The van der Waals surface area contributed by atoms with E-state index in [-0.39, 0.29) is 36.6 Å². The quantitative estimate of drug-likeness (QED) is 0.786. The number of hydrogen-bond acceptors (Lipinski definition) is 3. The van der Waals surface area contributed by atoms with Gasteiger partial charge >= 0.3 is 0 Å². The molecule has 0 spiro atoms. The van der Waals surface area contributed by atoms with Crippen molar-refractivity contribution in [3.8, 4) is 0 Å². The molecule has 1 aliphatic heterocycles. The van der Waals surface area contributed by atoms with Crippen LogP contribution in [-0.2, 0) is 27.2 Å². The molecule has 0 radical (unpaired) electrons. The summed E-state index contributed by atoms with van der Waals surface area (Å²) in [5, 5.41) is 5.30. The third-order valence-corrected chi connectivity index (χ3v) is 4.20. The van der Waals surface area contributed by atoms with Gasteiger partial charge < -0.3 is 5.32 Å². The highest BCUT2D eigenvalue weighted by Crippen LogP contribution is 2.23. The van der Waals surface area contributed by atoms with Gasteiger partial charge in [-0.2, -0.15) is 0 Å². The van der Waals surface area contributed by atoms with Crippen molar-refractivity contribution in [2.24, 2.45) is 5.92 Å². The zero-order valence-corrected chi connectivity index (χ0v) is 11.7. The number of rotatable bonds is 2. The van der Waals surface area contributed by atoms with Crippen molar-refractivity contribution in [2.45, 2.75) is 38.1 Å². The summed E-state index contributed by atoms with van der Waals surface area (Å²) in [5.41, 5.74) is 2.55. The van der Waals surface area contributed by atoms with Gasteiger partial charge in [-0.05, 0) is 30.4 Å². The van der Waals surface area contributed by atoms with Crippen LogP contribution in [0.4, 0.5) is 0 Å². The number of imide groups is 1. The fourth-order valence-electron chi connectivity index (χ4n) is 3.10. The summed E-state index contributed by atoms with van der Waals surface area (Å²) in [4.78, 5) is 35.1. The Labute approximate surface area is 123 Å². The fraction of sp³-hybridized carbons (Fsp3) is 0.438. The first-order valence-electron chi connectivity index (χ1n) is 7.31. The second-order valence-electron chi connectivity index (χ2n) is 5.79. The number of amides is 3. The molecule has 0 aromatic heterocycles. The van der Waals surface area contributed by atoms with Gasteiger partial charge in [0, 0.05) is 24.8 Å². The minimum Gasteiger partial charge on any atom is -0.352 e. The van der Waals surface area contributed by atoms with E-state index in [1.807, 2.05) is 12.1 Å².